The number of carbonyl (C=O) groups excluding carboxylic acids is 2. The number of nitrogens with one attached hydrogen (secondary N) is 1. The third-order valence-electron chi connectivity index (χ3n) is 5.74. The minimum Gasteiger partial charge on any atom is -0.386 e. The number of carbonyl (C=O) groups is 2. The Hall–Kier alpha value is -2.84. The van der Waals surface area contributed by atoms with Crippen molar-refractivity contribution in [2.24, 2.45) is 0 Å². The largest absolute Gasteiger partial charge is 0.386 e. The minimum atomic E-state index is -1.44. The van der Waals surface area contributed by atoms with Crippen LogP contribution in [0.4, 0.5) is 13.6 Å². The average Bonchev–Trinajstić information content (AvgIpc) is 2.92. The van der Waals surface area contributed by atoms with Crippen molar-refractivity contribution >= 4 is 11.9 Å². The summed E-state index contributed by atoms with van der Waals surface area (Å²) in [7, 11) is 0. The lowest BCUT2D eigenvalue weighted by molar-refractivity contribution is -0.134. The number of hydrogen-bond donors (Lipinski definition) is 2. The molecule has 2 N–H and O–H groups in total. The Labute approximate surface area is 173 Å². The van der Waals surface area contributed by atoms with Crippen LogP contribution >= 0.6 is 0 Å². The molecule has 2 aromatic rings. The van der Waals surface area contributed by atoms with Gasteiger partial charge < -0.3 is 10.4 Å². The van der Waals surface area contributed by atoms with Gasteiger partial charge in [-0.05, 0) is 31.0 Å². The fourth-order valence-electron chi connectivity index (χ4n) is 4.28. The fourth-order valence-corrected chi connectivity index (χ4v) is 4.28. The Morgan fingerprint density at radius 2 is 1.90 bits per heavy atom. The zero-order valence-corrected chi connectivity index (χ0v) is 16.4. The topological polar surface area (TPSA) is 72.9 Å². The van der Waals surface area contributed by atoms with Gasteiger partial charge in [0.1, 0.15) is 17.2 Å². The summed E-state index contributed by atoms with van der Waals surface area (Å²) in [6.45, 7) is 1.44. The van der Waals surface area contributed by atoms with E-state index in [9.17, 15) is 23.5 Å². The molecule has 6 nitrogen and oxygen atoms in total. The van der Waals surface area contributed by atoms with Crippen molar-refractivity contribution in [2.45, 2.75) is 31.0 Å². The van der Waals surface area contributed by atoms with Gasteiger partial charge in [-0.25, -0.2) is 13.6 Å². The molecular formula is C22H23F2N3O3. The maximum absolute atomic E-state index is 14.0. The van der Waals surface area contributed by atoms with Crippen LogP contribution < -0.4 is 5.32 Å². The molecule has 2 aliphatic heterocycles. The van der Waals surface area contributed by atoms with Gasteiger partial charge in [0.2, 0.25) is 0 Å². The highest BCUT2D eigenvalue weighted by Gasteiger charge is 2.53. The summed E-state index contributed by atoms with van der Waals surface area (Å²) in [6, 6.07) is 12.1. The monoisotopic (exact) mass is 415 g/mol. The van der Waals surface area contributed by atoms with Gasteiger partial charge in [0.25, 0.3) is 5.91 Å². The van der Waals surface area contributed by atoms with E-state index in [1.165, 1.54) is 0 Å². The van der Waals surface area contributed by atoms with Gasteiger partial charge in [-0.15, -0.1) is 0 Å². The maximum atomic E-state index is 14.0. The average molecular weight is 415 g/mol. The number of β-amino-alcohol motifs (C(OH)–C–C–N with tert-alkyl or cyclic N) is 1. The highest BCUT2D eigenvalue weighted by Crippen LogP contribution is 2.31. The third-order valence-corrected chi connectivity index (χ3v) is 5.74. The molecular weight excluding hydrogens is 392 g/mol. The molecule has 1 spiro atoms. The first-order valence-electron chi connectivity index (χ1n) is 9.91. The van der Waals surface area contributed by atoms with Crippen LogP contribution in [0.2, 0.25) is 0 Å². The smallest absolute Gasteiger partial charge is 0.325 e. The number of aliphatic hydroxyl groups excluding tert-OH is 1. The van der Waals surface area contributed by atoms with Crippen LogP contribution in [0, 0.1) is 11.6 Å². The number of urea groups is 1. The van der Waals surface area contributed by atoms with Gasteiger partial charge in [-0.3, -0.25) is 14.6 Å². The van der Waals surface area contributed by atoms with Crippen LogP contribution in [0.25, 0.3) is 0 Å². The zero-order valence-electron chi connectivity index (χ0n) is 16.4. The molecule has 158 valence electrons. The van der Waals surface area contributed by atoms with Crippen LogP contribution in [0.3, 0.4) is 0 Å². The Balaban J connectivity index is 1.47. The van der Waals surface area contributed by atoms with E-state index < -0.39 is 41.8 Å². The summed E-state index contributed by atoms with van der Waals surface area (Å²) in [5.74, 6) is -2.11. The fraction of sp³-hybridized carbons (Fsp3) is 0.364. The molecule has 30 heavy (non-hydrogen) atoms. The summed E-state index contributed by atoms with van der Waals surface area (Å²) in [5, 5.41) is 13.2. The van der Waals surface area contributed by atoms with E-state index in [2.05, 4.69) is 10.2 Å². The van der Waals surface area contributed by atoms with Gasteiger partial charge >= 0.3 is 6.03 Å². The van der Waals surface area contributed by atoms with E-state index in [0.717, 1.165) is 35.6 Å². The number of aliphatic hydroxyl groups is 1. The molecule has 4 rings (SSSR count). The van der Waals surface area contributed by atoms with Crippen LogP contribution in [0.15, 0.2) is 48.5 Å². The minimum absolute atomic E-state index is 0.160. The van der Waals surface area contributed by atoms with Crippen molar-refractivity contribution in [3.05, 3.63) is 71.3 Å². The summed E-state index contributed by atoms with van der Waals surface area (Å²) in [4.78, 5) is 28.7. The maximum Gasteiger partial charge on any atom is 0.325 e. The van der Waals surface area contributed by atoms with Crippen molar-refractivity contribution < 1.29 is 23.5 Å². The molecule has 2 aliphatic rings. The number of halogens is 2. The van der Waals surface area contributed by atoms with Crippen molar-refractivity contribution in [2.75, 3.05) is 19.6 Å². The Morgan fingerprint density at radius 3 is 2.63 bits per heavy atom. The zero-order chi connectivity index (χ0) is 21.3. The highest BCUT2D eigenvalue weighted by molar-refractivity contribution is 6.07. The quantitative estimate of drug-likeness (QED) is 0.737. The van der Waals surface area contributed by atoms with E-state index in [-0.39, 0.29) is 5.56 Å². The second-order valence-electron chi connectivity index (χ2n) is 7.91. The molecule has 2 fully saturated rings. The molecule has 2 atom stereocenters. The molecule has 0 saturated carbocycles. The number of nitrogens with zero attached hydrogens (tertiary/aromatic N) is 2. The molecule has 0 radical (unpaired) electrons. The van der Waals surface area contributed by atoms with E-state index in [4.69, 9.17) is 0 Å². The lowest BCUT2D eigenvalue weighted by atomic mass is 9.88. The van der Waals surface area contributed by atoms with Crippen LogP contribution in [0.5, 0.6) is 0 Å². The second kappa shape index (κ2) is 8.12. The summed E-state index contributed by atoms with van der Waals surface area (Å²) < 4.78 is 27.1. The first-order valence-corrected chi connectivity index (χ1v) is 9.91. The number of hydrogen-bond acceptors (Lipinski definition) is 4. The number of amides is 3. The van der Waals surface area contributed by atoms with E-state index in [1.54, 1.807) is 0 Å². The van der Waals surface area contributed by atoms with E-state index >= 15 is 0 Å². The molecule has 0 bridgehead atoms. The molecule has 2 aromatic carbocycles. The van der Waals surface area contributed by atoms with Crippen LogP contribution in [0.1, 0.15) is 30.1 Å². The van der Waals surface area contributed by atoms with Crippen LogP contribution in [-0.4, -0.2) is 52.0 Å². The first kappa shape index (κ1) is 20.4. The lowest BCUT2D eigenvalue weighted by Crippen LogP contribution is -2.58. The molecule has 2 saturated heterocycles. The second-order valence-corrected chi connectivity index (χ2v) is 7.91. The molecule has 2 unspecified atom stereocenters. The normalized spacial score (nSPS) is 23.1. The van der Waals surface area contributed by atoms with Gasteiger partial charge in [-0.1, -0.05) is 36.4 Å². The van der Waals surface area contributed by atoms with Crippen molar-refractivity contribution in [3.63, 3.8) is 0 Å². The van der Waals surface area contributed by atoms with Crippen LogP contribution in [-0.2, 0) is 11.3 Å². The molecule has 2 heterocycles. The Morgan fingerprint density at radius 1 is 1.13 bits per heavy atom. The van der Waals surface area contributed by atoms with Gasteiger partial charge in [0.05, 0.1) is 12.6 Å². The molecule has 0 aliphatic carbocycles. The van der Waals surface area contributed by atoms with E-state index in [1.807, 2.05) is 30.3 Å². The SMILES string of the molecule is O=C1NC2(CCCN(Cc3ccccc3)C2)C(=O)N1CC(O)c1ccc(F)cc1F. The summed E-state index contributed by atoms with van der Waals surface area (Å²) in [5.41, 5.74) is -0.0942. The standard InChI is InChI=1S/C22H23F2N3O3/c23-16-7-8-17(18(24)11-16)19(28)13-27-20(29)22(25-21(27)30)9-4-10-26(14-22)12-15-5-2-1-3-6-15/h1-3,5-8,11,19,28H,4,9-10,12-14H2,(H,25,30). The Kier molecular flexibility index (Phi) is 5.53. The summed E-state index contributed by atoms with van der Waals surface area (Å²) in [6.07, 6.45) is -0.207. The van der Waals surface area contributed by atoms with Crippen molar-refractivity contribution in [1.29, 1.82) is 0 Å². The lowest BCUT2D eigenvalue weighted by Gasteiger charge is -2.38. The molecule has 8 heteroatoms. The number of piperidine rings is 1. The van der Waals surface area contributed by atoms with Gasteiger partial charge in [-0.2, -0.15) is 0 Å². The molecule has 0 aromatic heterocycles. The number of rotatable bonds is 5. The summed E-state index contributed by atoms with van der Waals surface area (Å²) >= 11 is 0. The van der Waals surface area contributed by atoms with Crippen molar-refractivity contribution in [3.8, 4) is 0 Å². The number of likely N-dealkylation sites (tertiary alicyclic amines) is 1. The number of benzene rings is 2. The Bertz CT molecular complexity index is 956. The van der Waals surface area contributed by atoms with Crippen molar-refractivity contribution in [1.82, 2.24) is 15.1 Å². The highest BCUT2D eigenvalue weighted by atomic mass is 19.1. The predicted molar refractivity (Wildman–Crippen MR) is 105 cm³/mol. The molecule has 3 amide bonds. The van der Waals surface area contributed by atoms with Gasteiger partial charge in [0, 0.05) is 24.7 Å². The van der Waals surface area contributed by atoms with Gasteiger partial charge in [0.15, 0.2) is 0 Å². The first-order chi connectivity index (χ1) is 14.4. The predicted octanol–water partition coefficient (Wildman–Crippen LogP) is 2.58. The third kappa shape index (κ3) is 3.93. The number of imide groups is 1. The van der Waals surface area contributed by atoms with E-state index in [0.29, 0.717) is 25.6 Å².